The van der Waals surface area contributed by atoms with Crippen LogP contribution in [0, 0.1) is 0 Å². The molecule has 1 unspecified atom stereocenters. The molecule has 0 aliphatic carbocycles. The van der Waals surface area contributed by atoms with Gasteiger partial charge in [-0.05, 0) is 62.2 Å². The van der Waals surface area contributed by atoms with Gasteiger partial charge in [-0.3, -0.25) is 13.9 Å². The molecule has 0 saturated carbocycles. The summed E-state index contributed by atoms with van der Waals surface area (Å²) in [4.78, 5) is 29.2. The van der Waals surface area contributed by atoms with E-state index in [0.717, 1.165) is 26.2 Å². The quantitative estimate of drug-likeness (QED) is 0.323. The third kappa shape index (κ3) is 9.37. The van der Waals surface area contributed by atoms with E-state index >= 15 is 0 Å². The van der Waals surface area contributed by atoms with Crippen LogP contribution in [0.3, 0.4) is 0 Å². The van der Waals surface area contributed by atoms with Gasteiger partial charge in [0.2, 0.25) is 21.8 Å². The third-order valence-corrected chi connectivity index (χ3v) is 7.66. The van der Waals surface area contributed by atoms with Crippen molar-refractivity contribution in [2.45, 2.75) is 45.3 Å². The summed E-state index contributed by atoms with van der Waals surface area (Å²) in [6, 6.07) is 22.3. The Bertz CT molecular complexity index is 1410. The van der Waals surface area contributed by atoms with Crippen molar-refractivity contribution in [3.05, 3.63) is 99.5 Å². The van der Waals surface area contributed by atoms with Gasteiger partial charge in [-0.1, -0.05) is 76.1 Å². The molecule has 1 N–H and O–H groups in total. The molecule has 0 bridgehead atoms. The number of nitrogens with zero attached hydrogens (tertiary/aromatic N) is 2. The SMILES string of the molecule is CC(C)(C)NC(=O)C(Cc1ccccc1)N(Cc1cccc(Br)c1)C(=O)CN(c1cccc(Cl)c1)S(C)(=O)=O. The van der Waals surface area contributed by atoms with Gasteiger partial charge in [0.25, 0.3) is 0 Å². The number of hydrogen-bond donors (Lipinski definition) is 1. The first kappa shape index (κ1) is 30.7. The second kappa shape index (κ2) is 13.0. The molecule has 208 valence electrons. The first-order chi connectivity index (χ1) is 18.2. The lowest BCUT2D eigenvalue weighted by molar-refractivity contribution is -0.140. The highest BCUT2D eigenvalue weighted by molar-refractivity contribution is 9.10. The number of nitrogens with one attached hydrogen (secondary N) is 1. The van der Waals surface area contributed by atoms with E-state index in [1.165, 1.54) is 11.0 Å². The van der Waals surface area contributed by atoms with Crippen molar-refractivity contribution in [2.24, 2.45) is 0 Å². The fraction of sp³-hybridized carbons (Fsp3) is 0.310. The number of carbonyl (C=O) groups is 2. The summed E-state index contributed by atoms with van der Waals surface area (Å²) < 4.78 is 27.5. The number of anilines is 1. The summed E-state index contributed by atoms with van der Waals surface area (Å²) in [6.45, 7) is 5.21. The number of halogens is 2. The van der Waals surface area contributed by atoms with Crippen molar-refractivity contribution in [1.82, 2.24) is 10.2 Å². The molecule has 7 nitrogen and oxygen atoms in total. The number of benzene rings is 3. The van der Waals surface area contributed by atoms with Crippen LogP contribution in [0.25, 0.3) is 0 Å². The Morgan fingerprint density at radius 2 is 1.59 bits per heavy atom. The second-order valence-electron chi connectivity index (χ2n) is 10.3. The molecule has 0 fully saturated rings. The Labute approximate surface area is 244 Å². The van der Waals surface area contributed by atoms with E-state index in [1.54, 1.807) is 18.2 Å². The smallest absolute Gasteiger partial charge is 0.244 e. The summed E-state index contributed by atoms with van der Waals surface area (Å²) in [5, 5.41) is 3.34. The molecule has 3 rings (SSSR count). The number of amides is 2. The van der Waals surface area contributed by atoms with Gasteiger partial charge in [-0.2, -0.15) is 0 Å². The first-order valence-corrected chi connectivity index (χ1v) is 15.4. The van der Waals surface area contributed by atoms with Crippen LogP contribution in [0.1, 0.15) is 31.9 Å². The first-order valence-electron chi connectivity index (χ1n) is 12.4. The summed E-state index contributed by atoms with van der Waals surface area (Å²) in [5.74, 6) is -0.853. The summed E-state index contributed by atoms with van der Waals surface area (Å²) in [5.41, 5.74) is 1.37. The largest absolute Gasteiger partial charge is 0.350 e. The Balaban J connectivity index is 2.08. The summed E-state index contributed by atoms with van der Waals surface area (Å²) in [6.07, 6.45) is 1.28. The molecule has 39 heavy (non-hydrogen) atoms. The van der Waals surface area contributed by atoms with Crippen LogP contribution in [-0.2, 0) is 32.6 Å². The van der Waals surface area contributed by atoms with Crippen LogP contribution in [0.2, 0.25) is 5.02 Å². The van der Waals surface area contributed by atoms with Gasteiger partial charge in [-0.25, -0.2) is 8.42 Å². The Morgan fingerprint density at radius 3 is 2.18 bits per heavy atom. The maximum atomic E-state index is 14.0. The molecule has 0 aliphatic heterocycles. The third-order valence-electron chi connectivity index (χ3n) is 5.79. The molecule has 0 spiro atoms. The van der Waals surface area contributed by atoms with E-state index in [2.05, 4.69) is 21.2 Å². The van der Waals surface area contributed by atoms with E-state index < -0.39 is 34.1 Å². The minimum atomic E-state index is -3.86. The highest BCUT2D eigenvalue weighted by atomic mass is 79.9. The van der Waals surface area contributed by atoms with Crippen molar-refractivity contribution < 1.29 is 18.0 Å². The average Bonchev–Trinajstić information content (AvgIpc) is 2.83. The number of sulfonamides is 1. The lowest BCUT2D eigenvalue weighted by Crippen LogP contribution is -2.56. The van der Waals surface area contributed by atoms with E-state index in [1.807, 2.05) is 75.4 Å². The standard InChI is InChI=1S/C29H33BrClN3O4S/c1-29(2,3)32-28(36)26(17-21-10-6-5-7-11-21)33(19-22-12-8-13-23(30)16-22)27(35)20-34(39(4,37)38)25-15-9-14-24(31)18-25/h5-16,18,26H,17,19-20H2,1-4H3,(H,32,36). The topological polar surface area (TPSA) is 86.8 Å². The molecule has 2 amide bonds. The second-order valence-corrected chi connectivity index (χ2v) is 13.6. The Kier molecular flexibility index (Phi) is 10.2. The van der Waals surface area contributed by atoms with Crippen molar-refractivity contribution >= 4 is 55.1 Å². The van der Waals surface area contributed by atoms with Crippen LogP contribution in [0.15, 0.2) is 83.3 Å². The van der Waals surface area contributed by atoms with Crippen LogP contribution in [0.4, 0.5) is 5.69 Å². The van der Waals surface area contributed by atoms with Gasteiger partial charge in [0.1, 0.15) is 12.6 Å². The van der Waals surface area contributed by atoms with Crippen LogP contribution in [-0.4, -0.2) is 49.5 Å². The molecule has 3 aromatic rings. The number of rotatable bonds is 10. The lowest BCUT2D eigenvalue weighted by atomic mass is 10.0. The van der Waals surface area contributed by atoms with Crippen molar-refractivity contribution in [3.63, 3.8) is 0 Å². The molecule has 0 aromatic heterocycles. The zero-order chi connectivity index (χ0) is 28.8. The minimum absolute atomic E-state index is 0.0977. The zero-order valence-corrected chi connectivity index (χ0v) is 25.6. The van der Waals surface area contributed by atoms with E-state index in [-0.39, 0.29) is 24.6 Å². The molecule has 0 radical (unpaired) electrons. The molecule has 0 aliphatic rings. The van der Waals surface area contributed by atoms with Gasteiger partial charge in [-0.15, -0.1) is 0 Å². The Hall–Kier alpha value is -2.88. The van der Waals surface area contributed by atoms with Gasteiger partial charge in [0.05, 0.1) is 11.9 Å². The molecule has 0 heterocycles. The zero-order valence-electron chi connectivity index (χ0n) is 22.4. The van der Waals surface area contributed by atoms with Gasteiger partial charge >= 0.3 is 0 Å². The predicted octanol–water partition coefficient (Wildman–Crippen LogP) is 5.42. The van der Waals surface area contributed by atoms with Crippen LogP contribution < -0.4 is 9.62 Å². The molecular weight excluding hydrogens is 602 g/mol. The van der Waals surface area contributed by atoms with E-state index in [4.69, 9.17) is 11.6 Å². The summed E-state index contributed by atoms with van der Waals surface area (Å²) in [7, 11) is -3.86. The maximum Gasteiger partial charge on any atom is 0.244 e. The average molecular weight is 635 g/mol. The van der Waals surface area contributed by atoms with Crippen LogP contribution >= 0.6 is 27.5 Å². The highest BCUT2D eigenvalue weighted by Gasteiger charge is 2.34. The Morgan fingerprint density at radius 1 is 0.949 bits per heavy atom. The lowest BCUT2D eigenvalue weighted by Gasteiger charge is -2.35. The fourth-order valence-electron chi connectivity index (χ4n) is 4.08. The van der Waals surface area contributed by atoms with Gasteiger partial charge in [0, 0.05) is 28.0 Å². The highest BCUT2D eigenvalue weighted by Crippen LogP contribution is 2.24. The van der Waals surface area contributed by atoms with E-state index in [0.29, 0.717) is 5.02 Å². The molecule has 3 aromatic carbocycles. The van der Waals surface area contributed by atoms with Crippen molar-refractivity contribution in [3.8, 4) is 0 Å². The maximum absolute atomic E-state index is 14.0. The van der Waals surface area contributed by atoms with Crippen molar-refractivity contribution in [2.75, 3.05) is 17.1 Å². The van der Waals surface area contributed by atoms with Gasteiger partial charge in [0.15, 0.2) is 0 Å². The predicted molar refractivity (Wildman–Crippen MR) is 160 cm³/mol. The normalized spacial score (nSPS) is 12.5. The fourth-order valence-corrected chi connectivity index (χ4v) is 5.56. The monoisotopic (exact) mass is 633 g/mol. The van der Waals surface area contributed by atoms with Crippen molar-refractivity contribution in [1.29, 1.82) is 0 Å². The number of carbonyl (C=O) groups excluding carboxylic acids is 2. The van der Waals surface area contributed by atoms with Crippen LogP contribution in [0.5, 0.6) is 0 Å². The minimum Gasteiger partial charge on any atom is -0.350 e. The van der Waals surface area contributed by atoms with Gasteiger partial charge < -0.3 is 10.2 Å². The molecule has 0 saturated heterocycles. The molecule has 1 atom stereocenters. The number of hydrogen-bond acceptors (Lipinski definition) is 4. The van der Waals surface area contributed by atoms with E-state index in [9.17, 15) is 18.0 Å². The molecular formula is C29H33BrClN3O4S. The molecule has 10 heteroatoms. The summed E-state index contributed by atoms with van der Waals surface area (Å²) >= 11 is 9.60.